The Bertz CT molecular complexity index is 441. The second-order valence-electron chi connectivity index (χ2n) is 5.08. The van der Waals surface area contributed by atoms with Crippen molar-refractivity contribution in [1.29, 1.82) is 0 Å². The summed E-state index contributed by atoms with van der Waals surface area (Å²) in [5.41, 5.74) is -0.776. The summed E-state index contributed by atoms with van der Waals surface area (Å²) in [7, 11) is 0. The van der Waals surface area contributed by atoms with E-state index in [1.165, 1.54) is 12.1 Å². The molecule has 1 aromatic carbocycles. The van der Waals surface area contributed by atoms with Crippen molar-refractivity contribution in [3.63, 3.8) is 0 Å². The fraction of sp³-hybridized carbons (Fsp3) is 0.533. The molecule has 1 aromatic rings. The number of nitrogens with one attached hydrogen (secondary N) is 1. The Balaban J connectivity index is 0.00000361. The minimum absolute atomic E-state index is 0. The van der Waals surface area contributed by atoms with Gasteiger partial charge in [0.05, 0.1) is 5.56 Å². The van der Waals surface area contributed by atoms with Crippen molar-refractivity contribution in [2.24, 2.45) is 5.92 Å². The first-order valence-electron chi connectivity index (χ1n) is 6.18. The quantitative estimate of drug-likeness (QED) is 0.868. The largest absolute Gasteiger partial charge is 0.416 e. The summed E-state index contributed by atoms with van der Waals surface area (Å²) in [6, 6.07) is 4.38. The SMILES string of the molecule is C.CC(C)C[C@@H](C)NC(=O)c1cccc(C(F)(F)F)c1. The number of halogens is 3. The Morgan fingerprint density at radius 3 is 2.35 bits per heavy atom. The Labute approximate surface area is 118 Å². The van der Waals surface area contributed by atoms with Crippen LogP contribution in [0, 0.1) is 5.92 Å². The van der Waals surface area contributed by atoms with Crippen LogP contribution in [0.2, 0.25) is 0 Å². The molecule has 20 heavy (non-hydrogen) atoms. The third kappa shape index (κ3) is 5.63. The summed E-state index contributed by atoms with van der Waals surface area (Å²) in [6.45, 7) is 5.88. The molecule has 1 atom stereocenters. The summed E-state index contributed by atoms with van der Waals surface area (Å²) in [4.78, 5) is 11.8. The Hall–Kier alpha value is -1.52. The molecule has 1 N–H and O–H groups in total. The van der Waals surface area contributed by atoms with Gasteiger partial charge in [-0.3, -0.25) is 4.79 Å². The van der Waals surface area contributed by atoms with Crippen LogP contribution in [0.15, 0.2) is 24.3 Å². The van der Waals surface area contributed by atoms with Crippen LogP contribution >= 0.6 is 0 Å². The molecule has 5 heteroatoms. The van der Waals surface area contributed by atoms with Gasteiger partial charge in [0.25, 0.3) is 5.91 Å². The molecule has 0 spiro atoms. The molecule has 0 saturated heterocycles. The zero-order valence-electron chi connectivity index (χ0n) is 11.2. The van der Waals surface area contributed by atoms with E-state index in [9.17, 15) is 18.0 Å². The van der Waals surface area contributed by atoms with Gasteiger partial charge in [-0.05, 0) is 37.5 Å². The lowest BCUT2D eigenvalue weighted by Gasteiger charge is -2.16. The van der Waals surface area contributed by atoms with E-state index in [1.54, 1.807) is 0 Å². The molecule has 114 valence electrons. The highest BCUT2D eigenvalue weighted by molar-refractivity contribution is 5.94. The smallest absolute Gasteiger partial charge is 0.350 e. The molecule has 0 aromatic heterocycles. The monoisotopic (exact) mass is 289 g/mol. The Morgan fingerprint density at radius 2 is 1.85 bits per heavy atom. The molecule has 0 fully saturated rings. The van der Waals surface area contributed by atoms with E-state index in [-0.39, 0.29) is 19.0 Å². The number of rotatable bonds is 4. The Morgan fingerprint density at radius 1 is 1.25 bits per heavy atom. The lowest BCUT2D eigenvalue weighted by molar-refractivity contribution is -0.137. The molecule has 2 nitrogen and oxygen atoms in total. The van der Waals surface area contributed by atoms with Gasteiger partial charge in [-0.25, -0.2) is 0 Å². The van der Waals surface area contributed by atoms with Gasteiger partial charge in [-0.1, -0.05) is 27.3 Å². The first-order valence-corrected chi connectivity index (χ1v) is 6.18. The second-order valence-corrected chi connectivity index (χ2v) is 5.08. The molecule has 0 bridgehead atoms. The predicted molar refractivity (Wildman–Crippen MR) is 74.6 cm³/mol. The van der Waals surface area contributed by atoms with E-state index < -0.39 is 17.6 Å². The van der Waals surface area contributed by atoms with Crippen molar-refractivity contribution in [2.45, 2.75) is 46.8 Å². The molecule has 1 amide bonds. The number of carbonyl (C=O) groups excluding carboxylic acids is 1. The van der Waals surface area contributed by atoms with Crippen molar-refractivity contribution in [3.05, 3.63) is 35.4 Å². The standard InChI is InChI=1S/C14H18F3NO.CH4/c1-9(2)7-10(3)18-13(19)11-5-4-6-12(8-11)14(15,16)17;/h4-6,8-10H,7H2,1-3H3,(H,18,19);1H4/t10-;/m1./s1. The van der Waals surface area contributed by atoms with Crippen LogP contribution in [0.3, 0.4) is 0 Å². The fourth-order valence-corrected chi connectivity index (χ4v) is 1.91. The number of alkyl halides is 3. The highest BCUT2D eigenvalue weighted by atomic mass is 19.4. The average molecular weight is 289 g/mol. The topological polar surface area (TPSA) is 29.1 Å². The van der Waals surface area contributed by atoms with Crippen LogP contribution < -0.4 is 5.32 Å². The number of hydrogen-bond donors (Lipinski definition) is 1. The third-order valence-electron chi connectivity index (χ3n) is 2.65. The van der Waals surface area contributed by atoms with Crippen LogP contribution in [-0.4, -0.2) is 11.9 Å². The minimum Gasteiger partial charge on any atom is -0.350 e. The maximum atomic E-state index is 12.5. The van der Waals surface area contributed by atoms with Gasteiger partial charge in [0.15, 0.2) is 0 Å². The average Bonchev–Trinajstić information content (AvgIpc) is 2.26. The van der Waals surface area contributed by atoms with Crippen LogP contribution in [0.5, 0.6) is 0 Å². The van der Waals surface area contributed by atoms with Crippen LogP contribution in [0.4, 0.5) is 13.2 Å². The van der Waals surface area contributed by atoms with Crippen molar-refractivity contribution in [3.8, 4) is 0 Å². The van der Waals surface area contributed by atoms with Gasteiger partial charge in [0.2, 0.25) is 0 Å². The maximum Gasteiger partial charge on any atom is 0.416 e. The summed E-state index contributed by atoms with van der Waals surface area (Å²) < 4.78 is 37.6. The van der Waals surface area contributed by atoms with E-state index >= 15 is 0 Å². The van der Waals surface area contributed by atoms with Gasteiger partial charge < -0.3 is 5.32 Å². The van der Waals surface area contributed by atoms with E-state index in [2.05, 4.69) is 5.32 Å². The molecule has 0 aliphatic carbocycles. The maximum absolute atomic E-state index is 12.5. The lowest BCUT2D eigenvalue weighted by atomic mass is 10.0. The molecule has 0 unspecified atom stereocenters. The number of benzene rings is 1. The van der Waals surface area contributed by atoms with Gasteiger partial charge in [0.1, 0.15) is 0 Å². The van der Waals surface area contributed by atoms with E-state index in [0.29, 0.717) is 5.92 Å². The van der Waals surface area contributed by atoms with E-state index in [4.69, 9.17) is 0 Å². The van der Waals surface area contributed by atoms with E-state index in [1.807, 2.05) is 20.8 Å². The minimum atomic E-state index is -4.43. The summed E-state index contributed by atoms with van der Waals surface area (Å²) in [5, 5.41) is 2.70. The molecule has 0 aliphatic rings. The summed E-state index contributed by atoms with van der Waals surface area (Å²) in [5.74, 6) is -0.0592. The van der Waals surface area contributed by atoms with E-state index in [0.717, 1.165) is 18.6 Å². The van der Waals surface area contributed by atoms with Crippen molar-refractivity contribution >= 4 is 5.91 Å². The Kier molecular flexibility index (Phi) is 6.76. The molecule has 1 rings (SSSR count). The van der Waals surface area contributed by atoms with Crippen LogP contribution in [0.1, 0.15) is 50.5 Å². The second kappa shape index (κ2) is 7.31. The first kappa shape index (κ1) is 18.5. The molecule has 0 radical (unpaired) electrons. The number of hydrogen-bond acceptors (Lipinski definition) is 1. The molecule has 0 aliphatic heterocycles. The van der Waals surface area contributed by atoms with Gasteiger partial charge >= 0.3 is 6.18 Å². The van der Waals surface area contributed by atoms with Gasteiger partial charge in [0, 0.05) is 11.6 Å². The zero-order valence-corrected chi connectivity index (χ0v) is 11.2. The highest BCUT2D eigenvalue weighted by Crippen LogP contribution is 2.29. The predicted octanol–water partition coefficient (Wildman–Crippen LogP) is 4.51. The van der Waals surface area contributed by atoms with Gasteiger partial charge in [-0.2, -0.15) is 13.2 Å². The molecular weight excluding hydrogens is 267 g/mol. The zero-order chi connectivity index (χ0) is 14.6. The van der Waals surface area contributed by atoms with Gasteiger partial charge in [-0.15, -0.1) is 0 Å². The molecular formula is C15H22F3NO. The summed E-state index contributed by atoms with van der Waals surface area (Å²) in [6.07, 6.45) is -3.65. The normalized spacial score (nSPS) is 12.8. The lowest BCUT2D eigenvalue weighted by Crippen LogP contribution is -2.33. The van der Waals surface area contributed by atoms with Crippen molar-refractivity contribution < 1.29 is 18.0 Å². The summed E-state index contributed by atoms with van der Waals surface area (Å²) >= 11 is 0. The number of carbonyl (C=O) groups is 1. The van der Waals surface area contributed by atoms with Crippen LogP contribution in [0.25, 0.3) is 0 Å². The molecule has 0 saturated carbocycles. The first-order chi connectivity index (χ1) is 8.70. The highest BCUT2D eigenvalue weighted by Gasteiger charge is 2.30. The number of amides is 1. The van der Waals surface area contributed by atoms with Crippen LogP contribution in [-0.2, 0) is 6.18 Å². The molecule has 0 heterocycles. The fourth-order valence-electron chi connectivity index (χ4n) is 1.91. The van der Waals surface area contributed by atoms with Crippen molar-refractivity contribution in [1.82, 2.24) is 5.32 Å². The van der Waals surface area contributed by atoms with Crippen molar-refractivity contribution in [2.75, 3.05) is 0 Å². The third-order valence-corrected chi connectivity index (χ3v) is 2.65.